The normalized spacial score (nSPS) is 21.8. The number of hydrogen-bond acceptors (Lipinski definition) is 4. The molecule has 1 aliphatic heterocycles. The smallest absolute Gasteiger partial charge is 0.152 e. The Morgan fingerprint density at radius 3 is 2.83 bits per heavy atom. The summed E-state index contributed by atoms with van der Waals surface area (Å²) in [6.45, 7) is 4.54. The van der Waals surface area contributed by atoms with Crippen LogP contribution in [0.5, 0.6) is 5.75 Å². The zero-order valence-electron chi connectivity index (χ0n) is 10.8. The van der Waals surface area contributed by atoms with E-state index in [1.54, 1.807) is 0 Å². The van der Waals surface area contributed by atoms with E-state index in [1.807, 2.05) is 32.0 Å². The molecule has 1 aromatic carbocycles. The Morgan fingerprint density at radius 1 is 1.44 bits per heavy atom. The maximum atomic E-state index is 11.4. The summed E-state index contributed by atoms with van der Waals surface area (Å²) < 4.78 is 28.4. The van der Waals surface area contributed by atoms with Gasteiger partial charge in [-0.1, -0.05) is 6.07 Å². The van der Waals surface area contributed by atoms with Gasteiger partial charge in [-0.3, -0.25) is 0 Å². The van der Waals surface area contributed by atoms with E-state index in [1.165, 1.54) is 0 Å². The molecule has 1 unspecified atom stereocenters. The van der Waals surface area contributed by atoms with Crippen LogP contribution in [0.15, 0.2) is 18.2 Å². The van der Waals surface area contributed by atoms with Crippen molar-refractivity contribution in [1.82, 2.24) is 0 Å². The van der Waals surface area contributed by atoms with E-state index in [9.17, 15) is 8.42 Å². The fourth-order valence-corrected chi connectivity index (χ4v) is 3.83. The van der Waals surface area contributed by atoms with Crippen molar-refractivity contribution in [2.24, 2.45) is 0 Å². The van der Waals surface area contributed by atoms with Gasteiger partial charge in [0.1, 0.15) is 5.75 Å². The van der Waals surface area contributed by atoms with Gasteiger partial charge in [-0.2, -0.15) is 0 Å². The van der Waals surface area contributed by atoms with Crippen molar-refractivity contribution >= 4 is 15.5 Å². The summed E-state index contributed by atoms with van der Waals surface area (Å²) >= 11 is 0. The molecule has 1 fully saturated rings. The lowest BCUT2D eigenvalue weighted by Gasteiger charge is -2.16. The third-order valence-electron chi connectivity index (χ3n) is 3.03. The van der Waals surface area contributed by atoms with E-state index < -0.39 is 9.84 Å². The van der Waals surface area contributed by atoms with E-state index >= 15 is 0 Å². The van der Waals surface area contributed by atoms with Gasteiger partial charge in [-0.05, 0) is 38.0 Å². The lowest BCUT2D eigenvalue weighted by Crippen LogP contribution is -2.21. The Hall–Kier alpha value is -1.23. The molecule has 5 heteroatoms. The fraction of sp³-hybridized carbons (Fsp3) is 0.538. The first-order chi connectivity index (χ1) is 8.50. The van der Waals surface area contributed by atoms with Crippen molar-refractivity contribution in [3.8, 4) is 5.75 Å². The number of anilines is 1. The molecule has 1 aromatic rings. The molecule has 100 valence electrons. The lowest BCUT2D eigenvalue weighted by molar-refractivity contribution is 0.341. The first kappa shape index (κ1) is 13.2. The summed E-state index contributed by atoms with van der Waals surface area (Å²) in [5, 5.41) is 3.27. The topological polar surface area (TPSA) is 55.4 Å². The standard InChI is InChI=1S/C13H19NO3S/c1-3-17-13-8-10(2)4-5-12(13)14-11-6-7-18(15,16)9-11/h4-5,8,11,14H,3,6-7,9H2,1-2H3. The summed E-state index contributed by atoms with van der Waals surface area (Å²) in [4.78, 5) is 0. The molecule has 18 heavy (non-hydrogen) atoms. The van der Waals surface area contributed by atoms with Crippen molar-refractivity contribution < 1.29 is 13.2 Å². The van der Waals surface area contributed by atoms with Crippen LogP contribution in [-0.2, 0) is 9.84 Å². The zero-order valence-corrected chi connectivity index (χ0v) is 11.6. The van der Waals surface area contributed by atoms with Crippen LogP contribution < -0.4 is 10.1 Å². The number of hydrogen-bond donors (Lipinski definition) is 1. The third kappa shape index (κ3) is 3.16. The highest BCUT2D eigenvalue weighted by Crippen LogP contribution is 2.28. The molecular weight excluding hydrogens is 250 g/mol. The van der Waals surface area contributed by atoms with Crippen LogP contribution in [0.3, 0.4) is 0 Å². The fourth-order valence-electron chi connectivity index (χ4n) is 2.15. The minimum Gasteiger partial charge on any atom is -0.492 e. The quantitative estimate of drug-likeness (QED) is 0.908. The number of nitrogens with one attached hydrogen (secondary N) is 1. The van der Waals surface area contributed by atoms with Crippen LogP contribution in [0.2, 0.25) is 0 Å². The van der Waals surface area contributed by atoms with Gasteiger partial charge in [-0.25, -0.2) is 8.42 Å². The molecule has 4 nitrogen and oxygen atoms in total. The van der Waals surface area contributed by atoms with E-state index in [0.29, 0.717) is 13.0 Å². The zero-order chi connectivity index (χ0) is 13.2. The largest absolute Gasteiger partial charge is 0.492 e. The number of rotatable bonds is 4. The molecule has 0 radical (unpaired) electrons. The molecule has 0 bridgehead atoms. The van der Waals surface area contributed by atoms with Gasteiger partial charge < -0.3 is 10.1 Å². The molecule has 0 amide bonds. The predicted octanol–water partition coefficient (Wildman–Crippen LogP) is 1.99. The number of ether oxygens (including phenoxy) is 1. The molecular formula is C13H19NO3S. The molecule has 0 aromatic heterocycles. The van der Waals surface area contributed by atoms with Crippen molar-refractivity contribution in [2.45, 2.75) is 26.3 Å². The van der Waals surface area contributed by atoms with E-state index in [4.69, 9.17) is 4.74 Å². The molecule has 1 atom stereocenters. The van der Waals surface area contributed by atoms with Crippen LogP contribution in [-0.4, -0.2) is 32.6 Å². The minimum absolute atomic E-state index is 0.00286. The van der Waals surface area contributed by atoms with Crippen molar-refractivity contribution in [1.29, 1.82) is 0 Å². The molecule has 2 rings (SSSR count). The van der Waals surface area contributed by atoms with Crippen LogP contribution in [0.4, 0.5) is 5.69 Å². The van der Waals surface area contributed by atoms with Gasteiger partial charge in [0.2, 0.25) is 0 Å². The number of aryl methyl sites for hydroxylation is 1. The molecule has 1 N–H and O–H groups in total. The van der Waals surface area contributed by atoms with E-state index in [2.05, 4.69) is 5.32 Å². The third-order valence-corrected chi connectivity index (χ3v) is 4.80. The molecule has 1 saturated heterocycles. The van der Waals surface area contributed by atoms with E-state index in [-0.39, 0.29) is 17.5 Å². The van der Waals surface area contributed by atoms with Crippen molar-refractivity contribution in [3.05, 3.63) is 23.8 Å². The second kappa shape index (κ2) is 5.18. The number of benzene rings is 1. The van der Waals surface area contributed by atoms with Crippen molar-refractivity contribution in [3.63, 3.8) is 0 Å². The second-order valence-corrected chi connectivity index (χ2v) is 6.91. The van der Waals surface area contributed by atoms with Crippen LogP contribution >= 0.6 is 0 Å². The maximum absolute atomic E-state index is 11.4. The maximum Gasteiger partial charge on any atom is 0.152 e. The first-order valence-electron chi connectivity index (χ1n) is 6.20. The molecule has 0 saturated carbocycles. The van der Waals surface area contributed by atoms with E-state index in [0.717, 1.165) is 17.0 Å². The highest BCUT2D eigenvalue weighted by Gasteiger charge is 2.28. The summed E-state index contributed by atoms with van der Waals surface area (Å²) in [6, 6.07) is 5.91. The lowest BCUT2D eigenvalue weighted by atomic mass is 10.2. The Bertz CT molecular complexity index is 525. The first-order valence-corrected chi connectivity index (χ1v) is 8.03. The molecule has 0 spiro atoms. The second-order valence-electron chi connectivity index (χ2n) is 4.68. The van der Waals surface area contributed by atoms with Crippen LogP contribution in [0.25, 0.3) is 0 Å². The summed E-state index contributed by atoms with van der Waals surface area (Å²) in [6.07, 6.45) is 0.668. The number of sulfone groups is 1. The minimum atomic E-state index is -2.85. The SMILES string of the molecule is CCOc1cc(C)ccc1NC1CCS(=O)(=O)C1. The van der Waals surface area contributed by atoms with Crippen molar-refractivity contribution in [2.75, 3.05) is 23.4 Å². The molecule has 1 aliphatic rings. The summed E-state index contributed by atoms with van der Waals surface area (Å²) in [5.41, 5.74) is 2.01. The molecule has 0 aliphatic carbocycles. The molecule has 1 heterocycles. The predicted molar refractivity (Wildman–Crippen MR) is 73.0 cm³/mol. The van der Waals surface area contributed by atoms with Gasteiger partial charge in [0, 0.05) is 6.04 Å². The Morgan fingerprint density at radius 2 is 2.22 bits per heavy atom. The average Bonchev–Trinajstić information content (AvgIpc) is 2.62. The van der Waals surface area contributed by atoms with Gasteiger partial charge in [0.25, 0.3) is 0 Å². The Labute approximate surface area is 108 Å². The average molecular weight is 269 g/mol. The summed E-state index contributed by atoms with van der Waals surface area (Å²) in [7, 11) is -2.85. The van der Waals surface area contributed by atoms with Crippen LogP contribution in [0.1, 0.15) is 18.9 Å². The van der Waals surface area contributed by atoms with Gasteiger partial charge in [0.15, 0.2) is 9.84 Å². The van der Waals surface area contributed by atoms with Crippen LogP contribution in [0, 0.1) is 6.92 Å². The van der Waals surface area contributed by atoms with Gasteiger partial charge in [-0.15, -0.1) is 0 Å². The van der Waals surface area contributed by atoms with Gasteiger partial charge in [0.05, 0.1) is 23.8 Å². The highest BCUT2D eigenvalue weighted by atomic mass is 32.2. The van der Waals surface area contributed by atoms with Gasteiger partial charge >= 0.3 is 0 Å². The summed E-state index contributed by atoms with van der Waals surface area (Å²) in [5.74, 6) is 1.29. The Balaban J connectivity index is 2.14. The highest BCUT2D eigenvalue weighted by molar-refractivity contribution is 7.91. The monoisotopic (exact) mass is 269 g/mol. The Kier molecular flexibility index (Phi) is 3.80.